The number of phenolic OH excluding ortho intramolecular Hbond substituents is 1. The third kappa shape index (κ3) is 11.0. The normalized spacial score (nSPS) is 17.9. The fourth-order valence-electron chi connectivity index (χ4n) is 8.57. The molecule has 314 valence electrons. The number of ether oxygens (including phenoxy) is 1. The van der Waals surface area contributed by atoms with E-state index in [1.165, 1.54) is 12.1 Å². The Labute approximate surface area is 349 Å². The van der Waals surface area contributed by atoms with E-state index in [9.17, 15) is 29.4 Å². The molecular formula is C47H54N6O7. The number of phenols is 1. The Kier molecular flexibility index (Phi) is 13.9. The number of carbonyl (C=O) groups excluding carboxylic acids is 3. The number of aliphatic hydroxyl groups excluding tert-OH is 1. The number of para-hydroxylation sites is 1. The molecule has 13 heteroatoms. The first-order valence-electron chi connectivity index (χ1n) is 20.8. The summed E-state index contributed by atoms with van der Waals surface area (Å²) < 4.78 is 5.87. The number of carbonyl (C=O) groups is 3. The summed E-state index contributed by atoms with van der Waals surface area (Å²) in [5.74, 6) is 0.838. The van der Waals surface area contributed by atoms with Crippen molar-refractivity contribution >= 4 is 40.2 Å². The number of aliphatic hydroxyl groups is 1. The highest BCUT2D eigenvalue weighted by Gasteiger charge is 2.42. The highest BCUT2D eigenvalue weighted by Crippen LogP contribution is 2.40. The minimum absolute atomic E-state index is 0.0608. The van der Waals surface area contributed by atoms with Crippen molar-refractivity contribution in [2.45, 2.75) is 57.3 Å². The Bertz CT molecular complexity index is 2320. The number of benzene rings is 4. The molecule has 13 nitrogen and oxygen atoms in total. The maximum Gasteiger partial charge on any atom is 0.411 e. The molecule has 1 aromatic heterocycles. The van der Waals surface area contributed by atoms with Crippen molar-refractivity contribution in [3.05, 3.63) is 125 Å². The van der Waals surface area contributed by atoms with E-state index in [1.54, 1.807) is 17.0 Å². The Morgan fingerprint density at radius 1 is 0.883 bits per heavy atom. The second-order valence-corrected chi connectivity index (χ2v) is 16.0. The largest absolute Gasteiger partial charge is 0.506 e. The zero-order valence-electron chi connectivity index (χ0n) is 33.9. The Hall–Kier alpha value is -6.02. The van der Waals surface area contributed by atoms with Gasteiger partial charge in [0.1, 0.15) is 11.9 Å². The number of pyridine rings is 1. The van der Waals surface area contributed by atoms with Gasteiger partial charge in [-0.3, -0.25) is 19.7 Å². The molecule has 5 aromatic rings. The molecule has 1 saturated carbocycles. The highest BCUT2D eigenvalue weighted by atomic mass is 16.6. The van der Waals surface area contributed by atoms with Gasteiger partial charge in [0.25, 0.3) is 0 Å². The van der Waals surface area contributed by atoms with Crippen LogP contribution in [0.2, 0.25) is 0 Å². The maximum absolute atomic E-state index is 13.0. The van der Waals surface area contributed by atoms with E-state index in [2.05, 4.69) is 25.8 Å². The van der Waals surface area contributed by atoms with Crippen molar-refractivity contribution in [2.24, 2.45) is 11.8 Å². The first kappa shape index (κ1) is 42.1. The van der Waals surface area contributed by atoms with Gasteiger partial charge in [0, 0.05) is 81.9 Å². The van der Waals surface area contributed by atoms with E-state index in [4.69, 9.17) is 4.74 Å². The summed E-state index contributed by atoms with van der Waals surface area (Å²) in [5.41, 5.74) is 4.84. The number of fused-ring (bicyclic) bond motifs is 2. The number of aromatic nitrogens is 1. The van der Waals surface area contributed by atoms with Gasteiger partial charge in [-0.15, -0.1) is 0 Å². The van der Waals surface area contributed by atoms with Gasteiger partial charge in [0.2, 0.25) is 17.4 Å². The molecule has 1 aliphatic carbocycles. The lowest BCUT2D eigenvalue weighted by molar-refractivity contribution is -0.130. The molecule has 0 radical (unpaired) electrons. The Morgan fingerprint density at radius 3 is 2.45 bits per heavy atom. The number of anilines is 2. The lowest BCUT2D eigenvalue weighted by Gasteiger charge is -2.21. The Balaban J connectivity index is 0.752. The number of unbranched alkanes of at least 4 members (excludes halogenated alkanes) is 1. The third-order valence-electron chi connectivity index (χ3n) is 11.7. The molecule has 7 rings (SSSR count). The van der Waals surface area contributed by atoms with Crippen LogP contribution in [0.3, 0.4) is 0 Å². The van der Waals surface area contributed by atoms with Crippen LogP contribution in [0.4, 0.5) is 16.2 Å². The summed E-state index contributed by atoms with van der Waals surface area (Å²) in [4.78, 5) is 57.0. The number of rotatable bonds is 17. The van der Waals surface area contributed by atoms with Crippen molar-refractivity contribution in [1.29, 1.82) is 0 Å². The maximum atomic E-state index is 13.0. The summed E-state index contributed by atoms with van der Waals surface area (Å²) in [6.07, 6.45) is 2.39. The summed E-state index contributed by atoms with van der Waals surface area (Å²) in [6, 6.07) is 31.2. The number of hydrogen-bond acceptors (Lipinski definition) is 9. The lowest BCUT2D eigenvalue weighted by atomic mass is 10.0. The van der Waals surface area contributed by atoms with Gasteiger partial charge in [-0.1, -0.05) is 66.7 Å². The van der Waals surface area contributed by atoms with Gasteiger partial charge in [0.15, 0.2) is 0 Å². The van der Waals surface area contributed by atoms with Gasteiger partial charge >= 0.3 is 6.09 Å². The van der Waals surface area contributed by atoms with E-state index >= 15 is 0 Å². The van der Waals surface area contributed by atoms with Crippen LogP contribution < -0.4 is 21.5 Å². The first-order valence-corrected chi connectivity index (χ1v) is 20.8. The van der Waals surface area contributed by atoms with Gasteiger partial charge in [-0.05, 0) is 84.5 Å². The summed E-state index contributed by atoms with van der Waals surface area (Å²) >= 11 is 0. The smallest absolute Gasteiger partial charge is 0.411 e. The van der Waals surface area contributed by atoms with E-state index in [-0.39, 0.29) is 41.3 Å². The zero-order valence-corrected chi connectivity index (χ0v) is 33.9. The fourth-order valence-corrected chi connectivity index (χ4v) is 8.57. The zero-order chi connectivity index (χ0) is 42.0. The lowest BCUT2D eigenvalue weighted by Crippen LogP contribution is -2.33. The van der Waals surface area contributed by atoms with E-state index < -0.39 is 12.2 Å². The number of aromatic amines is 1. The molecular weight excluding hydrogens is 761 g/mol. The van der Waals surface area contributed by atoms with Crippen LogP contribution in [0.5, 0.6) is 5.75 Å². The number of nitrogens with one attached hydrogen (secondary N) is 4. The number of hydrogen-bond donors (Lipinski definition) is 6. The van der Waals surface area contributed by atoms with Crippen LogP contribution in [0.1, 0.15) is 55.8 Å². The topological polar surface area (TPSA) is 176 Å². The molecule has 0 bridgehead atoms. The molecule has 0 spiro atoms. The number of aromatic hydroxyl groups is 1. The van der Waals surface area contributed by atoms with Gasteiger partial charge in [-0.25, -0.2) is 4.79 Å². The predicted molar refractivity (Wildman–Crippen MR) is 233 cm³/mol. The van der Waals surface area contributed by atoms with Crippen LogP contribution >= 0.6 is 0 Å². The molecule has 1 aliphatic heterocycles. The third-order valence-corrected chi connectivity index (χ3v) is 11.7. The van der Waals surface area contributed by atoms with Crippen molar-refractivity contribution in [3.8, 4) is 16.9 Å². The van der Waals surface area contributed by atoms with E-state index in [0.717, 1.165) is 54.7 Å². The van der Waals surface area contributed by atoms with Crippen LogP contribution in [0.25, 0.3) is 22.0 Å². The monoisotopic (exact) mass is 814 g/mol. The molecule has 1 saturated heterocycles. The standard InChI is InChI=1S/C47H54N6O7/c1-52(45(58)21-23-53-29-33-25-36(26-34(33)30-53)60-47(59)50-40-15-6-5-14-37(40)32-11-3-2-4-12-32)22-8-7-16-43(56)49-35-13-9-10-31(24-35)27-48-28-42(55)38-17-19-41(54)46-39(38)18-20-44(57)51-46/h2-6,9-15,17-20,24,33-34,36,42,48,54-55H,7-8,16,21-23,25-30H2,1H3,(H,49,56)(H,50,59)(H,51,57)/t33-,34+,36-,42-/m0/s1. The summed E-state index contributed by atoms with van der Waals surface area (Å²) in [6.45, 7) is 3.78. The van der Waals surface area contributed by atoms with Crippen molar-refractivity contribution < 1.29 is 29.3 Å². The van der Waals surface area contributed by atoms with Crippen molar-refractivity contribution in [3.63, 3.8) is 0 Å². The van der Waals surface area contributed by atoms with Crippen LogP contribution in [0.15, 0.2) is 108 Å². The van der Waals surface area contributed by atoms with Gasteiger partial charge in [-0.2, -0.15) is 0 Å². The molecule has 0 unspecified atom stereocenters. The van der Waals surface area contributed by atoms with Crippen molar-refractivity contribution in [1.82, 2.24) is 20.1 Å². The van der Waals surface area contributed by atoms with Crippen molar-refractivity contribution in [2.75, 3.05) is 50.4 Å². The molecule has 2 heterocycles. The summed E-state index contributed by atoms with van der Waals surface area (Å²) in [7, 11) is 1.82. The molecule has 60 heavy (non-hydrogen) atoms. The number of H-pyrrole nitrogens is 1. The summed E-state index contributed by atoms with van der Waals surface area (Å²) in [5, 5.41) is 30.7. The molecule has 4 aromatic carbocycles. The van der Waals surface area contributed by atoms with Crippen LogP contribution in [-0.4, -0.2) is 88.8 Å². The van der Waals surface area contributed by atoms with E-state index in [1.807, 2.05) is 85.9 Å². The molecule has 2 aliphatic rings. The minimum Gasteiger partial charge on any atom is -0.506 e. The average Bonchev–Trinajstić information content (AvgIpc) is 3.80. The quantitative estimate of drug-likeness (QED) is 0.0562. The Morgan fingerprint density at radius 2 is 1.65 bits per heavy atom. The molecule has 2 fully saturated rings. The van der Waals surface area contributed by atoms with Crippen LogP contribution in [-0.2, 0) is 20.9 Å². The number of amides is 3. The number of likely N-dealkylation sites (tertiary alicyclic amines) is 1. The molecule has 4 atom stereocenters. The second kappa shape index (κ2) is 19.8. The highest BCUT2D eigenvalue weighted by molar-refractivity contribution is 5.92. The minimum atomic E-state index is -0.879. The first-order chi connectivity index (χ1) is 29.1. The molecule has 6 N–H and O–H groups in total. The SMILES string of the molecule is CN(CCCCC(=O)Nc1cccc(CNC[C@H](O)c2ccc(O)c3[nH]c(=O)ccc23)c1)C(=O)CCN1C[C@H]2C[C@@H](OC(=O)Nc3ccccc3-c3ccccc3)C[C@H]2C1. The fraction of sp³-hybridized carbons (Fsp3) is 0.362. The average molecular weight is 815 g/mol. The van der Waals surface area contributed by atoms with Gasteiger partial charge < -0.3 is 40.4 Å². The molecule has 3 amide bonds. The number of nitrogens with zero attached hydrogens (tertiary/aromatic N) is 2. The second-order valence-electron chi connectivity index (χ2n) is 16.0. The van der Waals surface area contributed by atoms with E-state index in [0.29, 0.717) is 67.4 Å². The van der Waals surface area contributed by atoms with Gasteiger partial charge in [0.05, 0.1) is 17.3 Å². The predicted octanol–water partition coefficient (Wildman–Crippen LogP) is 6.64. The van der Waals surface area contributed by atoms with Crippen LogP contribution in [0, 0.1) is 11.8 Å².